The first-order chi connectivity index (χ1) is 7.77. The van der Waals surface area contributed by atoms with Crippen LogP contribution in [0.1, 0.15) is 5.56 Å². The van der Waals surface area contributed by atoms with Crippen molar-refractivity contribution in [1.29, 1.82) is 0 Å². The Morgan fingerprint density at radius 2 is 2.12 bits per heavy atom. The zero-order valence-corrected chi connectivity index (χ0v) is 9.31. The molecule has 0 radical (unpaired) electrons. The van der Waals surface area contributed by atoms with Gasteiger partial charge in [-0.3, -0.25) is 0 Å². The molecular formula is C10H11N5S. The number of hydrogen-bond acceptors (Lipinski definition) is 4. The molecule has 0 aliphatic rings. The van der Waals surface area contributed by atoms with Gasteiger partial charge in [0.05, 0.1) is 0 Å². The lowest BCUT2D eigenvalue weighted by molar-refractivity contribution is 0.841. The Balaban J connectivity index is 1.97. The van der Waals surface area contributed by atoms with Crippen molar-refractivity contribution >= 4 is 23.3 Å². The summed E-state index contributed by atoms with van der Waals surface area (Å²) in [7, 11) is 0. The second-order valence-electron chi connectivity index (χ2n) is 3.17. The number of nitrogen functional groups attached to an aromatic ring is 1. The van der Waals surface area contributed by atoms with E-state index in [4.69, 9.17) is 18.0 Å². The fourth-order valence-electron chi connectivity index (χ4n) is 1.26. The first kappa shape index (κ1) is 10.6. The fourth-order valence-corrected chi connectivity index (χ4v) is 1.47. The maximum atomic E-state index is 5.57. The summed E-state index contributed by atoms with van der Waals surface area (Å²) in [6.07, 6.45) is 1.37. The lowest BCUT2D eigenvalue weighted by atomic mass is 10.2. The van der Waals surface area contributed by atoms with Gasteiger partial charge >= 0.3 is 0 Å². The molecule has 6 heteroatoms. The molecule has 0 amide bonds. The number of nitrogens with zero attached hydrogens (tertiary/aromatic N) is 3. The average Bonchev–Trinajstić information content (AvgIpc) is 2.74. The molecule has 0 aliphatic heterocycles. The first-order valence-electron chi connectivity index (χ1n) is 4.75. The average molecular weight is 233 g/mol. The minimum Gasteiger partial charge on any atom is -0.368 e. The van der Waals surface area contributed by atoms with E-state index in [0.717, 1.165) is 5.56 Å². The van der Waals surface area contributed by atoms with E-state index in [1.165, 1.54) is 11.0 Å². The van der Waals surface area contributed by atoms with Crippen molar-refractivity contribution in [2.24, 2.45) is 0 Å². The molecule has 0 aliphatic carbocycles. The second kappa shape index (κ2) is 4.71. The van der Waals surface area contributed by atoms with Crippen LogP contribution in [0.5, 0.6) is 0 Å². The molecule has 5 nitrogen and oxygen atoms in total. The molecule has 3 N–H and O–H groups in total. The number of hydrogen-bond donors (Lipinski definition) is 2. The third-order valence-electron chi connectivity index (χ3n) is 2.05. The maximum absolute atomic E-state index is 5.57. The summed E-state index contributed by atoms with van der Waals surface area (Å²) in [5, 5.41) is 7.40. The molecule has 1 heterocycles. The molecule has 82 valence electrons. The van der Waals surface area contributed by atoms with E-state index in [1.807, 2.05) is 30.3 Å². The van der Waals surface area contributed by atoms with Crippen LogP contribution in [0.25, 0.3) is 0 Å². The van der Waals surface area contributed by atoms with Gasteiger partial charge in [-0.25, -0.2) is 0 Å². The van der Waals surface area contributed by atoms with Gasteiger partial charge in [-0.1, -0.05) is 30.3 Å². The van der Waals surface area contributed by atoms with E-state index < -0.39 is 0 Å². The van der Waals surface area contributed by atoms with E-state index in [2.05, 4.69) is 15.4 Å². The van der Waals surface area contributed by atoms with E-state index in [9.17, 15) is 0 Å². The highest BCUT2D eigenvalue weighted by Gasteiger charge is 2.04. The van der Waals surface area contributed by atoms with Crippen LogP contribution in [0.15, 0.2) is 36.7 Å². The van der Waals surface area contributed by atoms with Crippen molar-refractivity contribution in [1.82, 2.24) is 20.1 Å². The van der Waals surface area contributed by atoms with Crippen LogP contribution in [-0.2, 0) is 6.54 Å². The molecule has 0 bridgehead atoms. The predicted molar refractivity (Wildman–Crippen MR) is 65.7 cm³/mol. The Labute approximate surface area is 98.3 Å². The third-order valence-corrected chi connectivity index (χ3v) is 2.37. The Bertz CT molecular complexity index is 479. The number of aromatic nitrogens is 3. The largest absolute Gasteiger partial charge is 0.368 e. The molecule has 2 aromatic rings. The van der Waals surface area contributed by atoms with Gasteiger partial charge in [0.1, 0.15) is 6.33 Å². The summed E-state index contributed by atoms with van der Waals surface area (Å²) in [6, 6.07) is 9.95. The highest BCUT2D eigenvalue weighted by Crippen LogP contribution is 1.99. The third kappa shape index (κ3) is 2.34. The molecule has 0 unspecified atom stereocenters. The molecule has 0 saturated carbocycles. The van der Waals surface area contributed by atoms with Crippen LogP contribution in [0.4, 0.5) is 5.95 Å². The minimum absolute atomic E-state index is 0.283. The predicted octanol–water partition coefficient (Wildman–Crippen LogP) is 0.783. The smallest absolute Gasteiger partial charge is 0.225 e. The second-order valence-corrected chi connectivity index (χ2v) is 3.56. The number of rotatable bonds is 2. The van der Waals surface area contributed by atoms with E-state index in [-0.39, 0.29) is 5.95 Å². The Morgan fingerprint density at radius 3 is 2.75 bits per heavy atom. The van der Waals surface area contributed by atoms with Gasteiger partial charge in [0.25, 0.3) is 0 Å². The zero-order chi connectivity index (χ0) is 11.4. The Morgan fingerprint density at radius 1 is 1.38 bits per heavy atom. The lowest BCUT2D eigenvalue weighted by Crippen LogP contribution is -2.29. The molecule has 0 atom stereocenters. The molecule has 1 aromatic carbocycles. The van der Waals surface area contributed by atoms with Gasteiger partial charge < -0.3 is 11.1 Å². The summed E-state index contributed by atoms with van der Waals surface area (Å²) in [5.74, 6) is 0.283. The SMILES string of the molecule is Nc1ncnn1C(=S)NCc1ccccc1. The number of benzene rings is 1. The molecule has 2 rings (SSSR count). The Hall–Kier alpha value is -1.95. The molecule has 0 fully saturated rings. The van der Waals surface area contributed by atoms with Crippen molar-refractivity contribution in [3.8, 4) is 0 Å². The summed E-state index contributed by atoms with van der Waals surface area (Å²) < 4.78 is 1.39. The van der Waals surface area contributed by atoms with Crippen LogP contribution >= 0.6 is 12.2 Å². The number of nitrogens with two attached hydrogens (primary N) is 1. The quantitative estimate of drug-likeness (QED) is 0.750. The fraction of sp³-hybridized carbons (Fsp3) is 0.100. The highest BCUT2D eigenvalue weighted by atomic mass is 32.1. The minimum atomic E-state index is 0.283. The first-order valence-corrected chi connectivity index (χ1v) is 5.16. The highest BCUT2D eigenvalue weighted by molar-refractivity contribution is 7.80. The monoisotopic (exact) mass is 233 g/mol. The summed E-state index contributed by atoms with van der Waals surface area (Å²) in [4.78, 5) is 3.79. The number of thiocarbonyl (C=S) groups is 1. The zero-order valence-electron chi connectivity index (χ0n) is 8.50. The van der Waals surface area contributed by atoms with E-state index >= 15 is 0 Å². The van der Waals surface area contributed by atoms with Gasteiger partial charge in [0.2, 0.25) is 5.95 Å². The summed E-state index contributed by atoms with van der Waals surface area (Å²) in [5.41, 5.74) is 6.71. The van der Waals surface area contributed by atoms with Crippen molar-refractivity contribution in [3.63, 3.8) is 0 Å². The van der Waals surface area contributed by atoms with Crippen LogP contribution < -0.4 is 11.1 Å². The van der Waals surface area contributed by atoms with Gasteiger partial charge in [0.15, 0.2) is 5.11 Å². The molecule has 1 aromatic heterocycles. The standard InChI is InChI=1S/C10H11N5S/c11-9-13-7-14-15(9)10(16)12-6-8-4-2-1-3-5-8/h1-5,7H,6H2,(H,12,16)(H2,11,13,14). The molecular weight excluding hydrogens is 222 g/mol. The lowest BCUT2D eigenvalue weighted by Gasteiger charge is -2.07. The van der Waals surface area contributed by atoms with E-state index in [1.54, 1.807) is 0 Å². The van der Waals surface area contributed by atoms with Crippen LogP contribution in [-0.4, -0.2) is 19.9 Å². The van der Waals surface area contributed by atoms with Crippen molar-refractivity contribution in [2.45, 2.75) is 6.54 Å². The van der Waals surface area contributed by atoms with Crippen LogP contribution in [0.3, 0.4) is 0 Å². The van der Waals surface area contributed by atoms with Gasteiger partial charge in [0, 0.05) is 6.54 Å². The topological polar surface area (TPSA) is 68.8 Å². The molecule has 0 saturated heterocycles. The summed E-state index contributed by atoms with van der Waals surface area (Å²) >= 11 is 5.13. The van der Waals surface area contributed by atoms with Crippen LogP contribution in [0, 0.1) is 0 Å². The van der Waals surface area contributed by atoms with Crippen molar-refractivity contribution in [2.75, 3.05) is 5.73 Å². The van der Waals surface area contributed by atoms with Gasteiger partial charge in [-0.15, -0.1) is 0 Å². The molecule has 16 heavy (non-hydrogen) atoms. The van der Waals surface area contributed by atoms with Crippen LogP contribution in [0.2, 0.25) is 0 Å². The van der Waals surface area contributed by atoms with Gasteiger partial charge in [-0.2, -0.15) is 14.8 Å². The maximum Gasteiger partial charge on any atom is 0.225 e. The van der Waals surface area contributed by atoms with Crippen molar-refractivity contribution < 1.29 is 0 Å². The normalized spacial score (nSPS) is 10.0. The number of anilines is 1. The van der Waals surface area contributed by atoms with Crippen molar-refractivity contribution in [3.05, 3.63) is 42.2 Å². The summed E-state index contributed by atoms with van der Waals surface area (Å²) in [6.45, 7) is 0.638. The molecule has 0 spiro atoms. The van der Waals surface area contributed by atoms with E-state index in [0.29, 0.717) is 11.7 Å². The Kier molecular flexibility index (Phi) is 3.11. The van der Waals surface area contributed by atoms with Gasteiger partial charge in [-0.05, 0) is 17.8 Å². The number of nitrogens with one attached hydrogen (secondary N) is 1.